The number of hydrogen-bond donors (Lipinski definition) is 1. The van der Waals surface area contributed by atoms with Crippen molar-refractivity contribution in [3.05, 3.63) is 51.2 Å². The van der Waals surface area contributed by atoms with Crippen LogP contribution in [0.25, 0.3) is 5.69 Å². The minimum atomic E-state index is -4.52. The lowest BCUT2D eigenvalue weighted by Gasteiger charge is -2.12. The average molecular weight is 369 g/mol. The monoisotopic (exact) mass is 367 g/mol. The normalized spacial score (nSPS) is 11.7. The Bertz CT molecular complexity index is 682. The highest BCUT2D eigenvalue weighted by Crippen LogP contribution is 2.34. The van der Waals surface area contributed by atoms with Gasteiger partial charge in [-0.05, 0) is 40.2 Å². The van der Waals surface area contributed by atoms with Crippen LogP contribution in [0.3, 0.4) is 0 Å². The zero-order chi connectivity index (χ0) is 15.1. The first-order valence-electron chi connectivity index (χ1n) is 5.18. The third-order valence-corrected chi connectivity index (χ3v) is 3.42. The molecule has 0 atom stereocenters. The fourth-order valence-electron chi connectivity index (χ4n) is 1.67. The van der Waals surface area contributed by atoms with Crippen LogP contribution in [0.5, 0.6) is 0 Å². The molecule has 0 bridgehead atoms. The summed E-state index contributed by atoms with van der Waals surface area (Å²) < 4.78 is 39.5. The minimum absolute atomic E-state index is 0.0455. The number of alkyl halides is 3. The standard InChI is InChI=1S/C12H6BrClF3NO2/c13-8-2-1-6(12(15,16)17)3-9(8)18-5-7(14)4-10(18)11(19)20/h1-5H,(H,19,20). The third-order valence-electron chi connectivity index (χ3n) is 2.54. The van der Waals surface area contributed by atoms with Crippen LogP contribution in [-0.4, -0.2) is 15.6 Å². The summed E-state index contributed by atoms with van der Waals surface area (Å²) in [6.07, 6.45) is -3.28. The summed E-state index contributed by atoms with van der Waals surface area (Å²) in [5.74, 6) is -1.29. The van der Waals surface area contributed by atoms with Crippen molar-refractivity contribution in [1.29, 1.82) is 0 Å². The minimum Gasteiger partial charge on any atom is -0.477 e. The van der Waals surface area contributed by atoms with Crippen molar-refractivity contribution in [2.45, 2.75) is 6.18 Å². The van der Waals surface area contributed by atoms with Crippen LogP contribution >= 0.6 is 27.5 Å². The summed E-state index contributed by atoms with van der Waals surface area (Å²) in [7, 11) is 0. The molecule has 1 aromatic heterocycles. The van der Waals surface area contributed by atoms with Crippen molar-refractivity contribution in [1.82, 2.24) is 4.57 Å². The number of carbonyl (C=O) groups is 1. The first-order valence-corrected chi connectivity index (χ1v) is 6.35. The van der Waals surface area contributed by atoms with Gasteiger partial charge in [-0.25, -0.2) is 4.79 Å². The van der Waals surface area contributed by atoms with Gasteiger partial charge in [0.25, 0.3) is 0 Å². The fraction of sp³-hybridized carbons (Fsp3) is 0.0833. The van der Waals surface area contributed by atoms with Gasteiger partial charge in [-0.3, -0.25) is 0 Å². The van der Waals surface area contributed by atoms with E-state index in [1.165, 1.54) is 12.3 Å². The van der Waals surface area contributed by atoms with E-state index in [-0.39, 0.29) is 16.4 Å². The molecule has 2 rings (SSSR count). The summed E-state index contributed by atoms with van der Waals surface area (Å²) in [6.45, 7) is 0. The Morgan fingerprint density at radius 3 is 2.50 bits per heavy atom. The maximum absolute atomic E-state index is 12.7. The molecular weight excluding hydrogens is 362 g/mol. The highest BCUT2D eigenvalue weighted by molar-refractivity contribution is 9.10. The molecule has 1 aromatic carbocycles. The molecule has 106 valence electrons. The topological polar surface area (TPSA) is 42.2 Å². The quantitative estimate of drug-likeness (QED) is 0.841. The van der Waals surface area contributed by atoms with Crippen molar-refractivity contribution < 1.29 is 23.1 Å². The van der Waals surface area contributed by atoms with Crippen LogP contribution in [0, 0.1) is 0 Å². The molecular formula is C12H6BrClF3NO2. The van der Waals surface area contributed by atoms with Gasteiger partial charge in [0.15, 0.2) is 0 Å². The summed E-state index contributed by atoms with van der Waals surface area (Å²) in [4.78, 5) is 11.1. The molecule has 8 heteroatoms. The van der Waals surface area contributed by atoms with Crippen LogP contribution in [0.2, 0.25) is 5.02 Å². The number of nitrogens with zero attached hydrogens (tertiary/aromatic N) is 1. The van der Waals surface area contributed by atoms with E-state index < -0.39 is 17.7 Å². The molecule has 0 aliphatic carbocycles. The Hall–Kier alpha value is -1.47. The highest BCUT2D eigenvalue weighted by atomic mass is 79.9. The van der Waals surface area contributed by atoms with E-state index in [0.717, 1.165) is 22.8 Å². The van der Waals surface area contributed by atoms with E-state index in [2.05, 4.69) is 15.9 Å². The molecule has 1 heterocycles. The van der Waals surface area contributed by atoms with E-state index in [0.29, 0.717) is 4.47 Å². The molecule has 20 heavy (non-hydrogen) atoms. The van der Waals surface area contributed by atoms with Crippen molar-refractivity contribution in [2.75, 3.05) is 0 Å². The Kier molecular flexibility index (Phi) is 3.84. The average Bonchev–Trinajstić information content (AvgIpc) is 2.70. The zero-order valence-corrected chi connectivity index (χ0v) is 11.9. The molecule has 0 aliphatic rings. The molecule has 0 unspecified atom stereocenters. The number of carboxylic acid groups (broad SMARTS) is 1. The van der Waals surface area contributed by atoms with Gasteiger partial charge in [0.2, 0.25) is 0 Å². The molecule has 0 saturated carbocycles. The first kappa shape index (κ1) is 14.9. The molecule has 0 spiro atoms. The van der Waals surface area contributed by atoms with Gasteiger partial charge in [-0.1, -0.05) is 11.6 Å². The fourth-order valence-corrected chi connectivity index (χ4v) is 2.31. The van der Waals surface area contributed by atoms with E-state index >= 15 is 0 Å². The number of benzene rings is 1. The Morgan fingerprint density at radius 1 is 1.30 bits per heavy atom. The summed E-state index contributed by atoms with van der Waals surface area (Å²) >= 11 is 8.82. The second-order valence-electron chi connectivity index (χ2n) is 3.88. The van der Waals surface area contributed by atoms with Crippen molar-refractivity contribution in [3.8, 4) is 5.69 Å². The predicted molar refractivity (Wildman–Crippen MR) is 70.4 cm³/mol. The van der Waals surface area contributed by atoms with E-state index in [1.807, 2.05) is 0 Å². The predicted octanol–water partition coefficient (Wildman–Crippen LogP) is 4.61. The second-order valence-corrected chi connectivity index (χ2v) is 5.17. The Morgan fingerprint density at radius 2 is 1.95 bits per heavy atom. The molecule has 0 amide bonds. The van der Waals surface area contributed by atoms with Gasteiger partial charge < -0.3 is 9.67 Å². The lowest BCUT2D eigenvalue weighted by Crippen LogP contribution is -2.09. The number of rotatable bonds is 2. The van der Waals surface area contributed by atoms with E-state index in [1.54, 1.807) is 0 Å². The number of carboxylic acids is 1. The molecule has 2 aromatic rings. The van der Waals surface area contributed by atoms with Crippen LogP contribution in [0.1, 0.15) is 16.1 Å². The maximum Gasteiger partial charge on any atom is 0.416 e. The van der Waals surface area contributed by atoms with Gasteiger partial charge in [-0.2, -0.15) is 13.2 Å². The lowest BCUT2D eigenvalue weighted by atomic mass is 10.2. The highest BCUT2D eigenvalue weighted by Gasteiger charge is 2.31. The summed E-state index contributed by atoms with van der Waals surface area (Å²) in [5.41, 5.74) is -1.06. The van der Waals surface area contributed by atoms with Crippen molar-refractivity contribution in [3.63, 3.8) is 0 Å². The molecule has 0 fully saturated rings. The van der Waals surface area contributed by atoms with Gasteiger partial charge in [0.1, 0.15) is 5.69 Å². The Labute approximate surface area is 124 Å². The zero-order valence-electron chi connectivity index (χ0n) is 9.58. The van der Waals surface area contributed by atoms with Crippen molar-refractivity contribution >= 4 is 33.5 Å². The second kappa shape index (κ2) is 5.14. The lowest BCUT2D eigenvalue weighted by molar-refractivity contribution is -0.137. The summed E-state index contributed by atoms with van der Waals surface area (Å²) in [6, 6.07) is 4.13. The van der Waals surface area contributed by atoms with Crippen LogP contribution < -0.4 is 0 Å². The van der Waals surface area contributed by atoms with Crippen LogP contribution in [0.4, 0.5) is 13.2 Å². The third kappa shape index (κ3) is 2.83. The first-order chi connectivity index (χ1) is 9.20. The number of aromatic nitrogens is 1. The molecule has 3 nitrogen and oxygen atoms in total. The Balaban J connectivity index is 2.66. The van der Waals surface area contributed by atoms with Gasteiger partial charge in [0.05, 0.1) is 16.3 Å². The molecule has 0 radical (unpaired) electrons. The van der Waals surface area contributed by atoms with Gasteiger partial charge >= 0.3 is 12.1 Å². The smallest absolute Gasteiger partial charge is 0.416 e. The largest absolute Gasteiger partial charge is 0.477 e. The molecule has 0 saturated heterocycles. The number of halogens is 5. The molecule has 0 aliphatic heterocycles. The van der Waals surface area contributed by atoms with Crippen LogP contribution in [-0.2, 0) is 6.18 Å². The number of hydrogen-bond acceptors (Lipinski definition) is 1. The van der Waals surface area contributed by atoms with Gasteiger partial charge in [0, 0.05) is 10.7 Å². The molecule has 1 N–H and O–H groups in total. The van der Waals surface area contributed by atoms with Crippen LogP contribution in [0.15, 0.2) is 34.9 Å². The SMILES string of the molecule is O=C(O)c1cc(Cl)cn1-c1cc(C(F)(F)F)ccc1Br. The van der Waals surface area contributed by atoms with Crippen molar-refractivity contribution in [2.24, 2.45) is 0 Å². The summed E-state index contributed by atoms with van der Waals surface area (Å²) in [5, 5.41) is 9.16. The van der Waals surface area contributed by atoms with Gasteiger partial charge in [-0.15, -0.1) is 0 Å². The van der Waals surface area contributed by atoms with E-state index in [4.69, 9.17) is 16.7 Å². The maximum atomic E-state index is 12.7. The number of aromatic carboxylic acids is 1. The van der Waals surface area contributed by atoms with E-state index in [9.17, 15) is 18.0 Å².